The van der Waals surface area contributed by atoms with Crippen molar-refractivity contribution in [2.75, 3.05) is 4.72 Å². The third-order valence-electron chi connectivity index (χ3n) is 4.59. The van der Waals surface area contributed by atoms with Gasteiger partial charge in [-0.3, -0.25) is 9.52 Å². The lowest BCUT2D eigenvalue weighted by Crippen LogP contribution is -2.32. The van der Waals surface area contributed by atoms with E-state index < -0.39 is 10.0 Å². The molecule has 0 saturated heterocycles. The van der Waals surface area contributed by atoms with Crippen molar-refractivity contribution >= 4 is 33.2 Å². The highest BCUT2D eigenvalue weighted by Crippen LogP contribution is 2.19. The summed E-state index contributed by atoms with van der Waals surface area (Å²) >= 11 is 5.82. The predicted molar refractivity (Wildman–Crippen MR) is 120 cm³/mol. The van der Waals surface area contributed by atoms with E-state index in [1.165, 1.54) is 35.9 Å². The van der Waals surface area contributed by atoms with Crippen LogP contribution in [0.5, 0.6) is 0 Å². The van der Waals surface area contributed by atoms with Gasteiger partial charge in [0.05, 0.1) is 4.90 Å². The third kappa shape index (κ3) is 6.08. The highest BCUT2D eigenvalue weighted by molar-refractivity contribution is 7.92. The minimum absolute atomic E-state index is 0.0212. The Labute approximate surface area is 182 Å². The molecule has 0 aliphatic heterocycles. The topological polar surface area (TPSA) is 75.3 Å². The molecule has 3 aromatic carbocycles. The highest BCUT2D eigenvalue weighted by Gasteiger charge is 2.16. The van der Waals surface area contributed by atoms with E-state index in [4.69, 9.17) is 11.6 Å². The molecule has 3 rings (SSSR count). The molecule has 7 heteroatoms. The van der Waals surface area contributed by atoms with Gasteiger partial charge in [0.25, 0.3) is 15.9 Å². The molecule has 0 heterocycles. The number of hydrogen-bond donors (Lipinski definition) is 2. The standard InChI is InChI=1S/C23H23ClN2O3S/c1-17(10-11-18-6-3-2-4-7-18)25-23(27)19-8-5-9-21(16-19)26-30(28,29)22-14-12-20(24)13-15-22/h2-9,12-17,26H,10-11H2,1H3,(H,25,27). The summed E-state index contributed by atoms with van der Waals surface area (Å²) < 4.78 is 27.6. The first kappa shape index (κ1) is 21.9. The van der Waals surface area contributed by atoms with Crippen molar-refractivity contribution in [3.63, 3.8) is 0 Å². The number of carbonyl (C=O) groups is 1. The zero-order chi connectivity index (χ0) is 21.6. The number of nitrogens with one attached hydrogen (secondary N) is 2. The molecular formula is C23H23ClN2O3S. The lowest BCUT2D eigenvalue weighted by Gasteiger charge is -2.15. The van der Waals surface area contributed by atoms with E-state index in [9.17, 15) is 13.2 Å². The summed E-state index contributed by atoms with van der Waals surface area (Å²) in [5.74, 6) is -0.247. The van der Waals surface area contributed by atoms with Crippen molar-refractivity contribution in [2.45, 2.75) is 30.7 Å². The molecule has 0 aliphatic carbocycles. The maximum Gasteiger partial charge on any atom is 0.261 e. The van der Waals surface area contributed by atoms with Gasteiger partial charge in [-0.1, -0.05) is 48.0 Å². The number of halogens is 1. The van der Waals surface area contributed by atoms with E-state index >= 15 is 0 Å². The fourth-order valence-corrected chi connectivity index (χ4v) is 4.13. The molecule has 5 nitrogen and oxygen atoms in total. The molecule has 2 N–H and O–H groups in total. The summed E-state index contributed by atoms with van der Waals surface area (Å²) in [7, 11) is -3.78. The van der Waals surface area contributed by atoms with Gasteiger partial charge in [-0.15, -0.1) is 0 Å². The Morgan fingerprint density at radius 1 is 0.967 bits per heavy atom. The number of sulfonamides is 1. The molecule has 3 aromatic rings. The van der Waals surface area contributed by atoms with Gasteiger partial charge < -0.3 is 5.32 Å². The second-order valence-electron chi connectivity index (χ2n) is 7.04. The Hall–Kier alpha value is -2.83. The molecular weight excluding hydrogens is 420 g/mol. The van der Waals surface area contributed by atoms with Crippen molar-refractivity contribution in [1.82, 2.24) is 5.32 Å². The Morgan fingerprint density at radius 3 is 2.37 bits per heavy atom. The van der Waals surface area contributed by atoms with E-state index in [0.717, 1.165) is 12.8 Å². The molecule has 30 heavy (non-hydrogen) atoms. The van der Waals surface area contributed by atoms with Crippen LogP contribution >= 0.6 is 11.6 Å². The molecule has 0 saturated carbocycles. The molecule has 0 spiro atoms. The Kier molecular flexibility index (Phi) is 7.13. The van der Waals surface area contributed by atoms with Crippen LogP contribution in [0.4, 0.5) is 5.69 Å². The van der Waals surface area contributed by atoms with Crippen LogP contribution in [0, 0.1) is 0 Å². The summed E-state index contributed by atoms with van der Waals surface area (Å²) in [4.78, 5) is 12.7. The zero-order valence-corrected chi connectivity index (χ0v) is 18.1. The molecule has 156 valence electrons. The summed E-state index contributed by atoms with van der Waals surface area (Å²) in [5.41, 5.74) is 1.92. The van der Waals surface area contributed by atoms with Crippen LogP contribution in [0.2, 0.25) is 5.02 Å². The van der Waals surface area contributed by atoms with Crippen molar-refractivity contribution in [2.24, 2.45) is 0 Å². The Bertz CT molecular complexity index is 1100. The lowest BCUT2D eigenvalue weighted by molar-refractivity contribution is 0.0938. The fourth-order valence-electron chi connectivity index (χ4n) is 2.96. The van der Waals surface area contributed by atoms with Crippen LogP contribution in [-0.4, -0.2) is 20.4 Å². The summed E-state index contributed by atoms with van der Waals surface area (Å²) in [6.45, 7) is 1.95. The number of aryl methyl sites for hydroxylation is 1. The zero-order valence-electron chi connectivity index (χ0n) is 16.5. The van der Waals surface area contributed by atoms with Gasteiger partial charge in [-0.2, -0.15) is 0 Å². The summed E-state index contributed by atoms with van der Waals surface area (Å²) in [6, 6.07) is 22.4. The number of hydrogen-bond acceptors (Lipinski definition) is 3. The van der Waals surface area contributed by atoms with Crippen LogP contribution < -0.4 is 10.0 Å². The molecule has 0 bridgehead atoms. The third-order valence-corrected chi connectivity index (χ3v) is 6.24. The first-order valence-corrected chi connectivity index (χ1v) is 11.4. The SMILES string of the molecule is CC(CCc1ccccc1)NC(=O)c1cccc(NS(=O)(=O)c2ccc(Cl)cc2)c1. The summed E-state index contributed by atoms with van der Waals surface area (Å²) in [6.07, 6.45) is 1.67. The molecule has 1 amide bonds. The van der Waals surface area contributed by atoms with Gasteiger partial charge in [0.2, 0.25) is 0 Å². The van der Waals surface area contributed by atoms with E-state index in [2.05, 4.69) is 22.2 Å². The molecule has 1 unspecified atom stereocenters. The van der Waals surface area contributed by atoms with E-state index in [0.29, 0.717) is 16.3 Å². The van der Waals surface area contributed by atoms with Crippen LogP contribution in [0.1, 0.15) is 29.3 Å². The first-order valence-electron chi connectivity index (χ1n) is 9.57. The molecule has 0 fully saturated rings. The monoisotopic (exact) mass is 442 g/mol. The van der Waals surface area contributed by atoms with Gasteiger partial charge in [0, 0.05) is 22.3 Å². The fraction of sp³-hybridized carbons (Fsp3) is 0.174. The van der Waals surface area contributed by atoms with Gasteiger partial charge in [0.15, 0.2) is 0 Å². The van der Waals surface area contributed by atoms with E-state index in [1.54, 1.807) is 18.2 Å². The van der Waals surface area contributed by atoms with Crippen molar-refractivity contribution < 1.29 is 13.2 Å². The van der Waals surface area contributed by atoms with Gasteiger partial charge in [-0.25, -0.2) is 8.42 Å². The quantitative estimate of drug-likeness (QED) is 0.521. The second-order valence-corrected chi connectivity index (χ2v) is 9.16. The first-order chi connectivity index (χ1) is 14.3. The van der Waals surface area contributed by atoms with Gasteiger partial charge in [0.1, 0.15) is 0 Å². The highest BCUT2D eigenvalue weighted by atomic mass is 35.5. The smallest absolute Gasteiger partial charge is 0.261 e. The van der Waals surface area contributed by atoms with Crippen molar-refractivity contribution in [3.8, 4) is 0 Å². The number of benzene rings is 3. The lowest BCUT2D eigenvalue weighted by atomic mass is 10.1. The normalized spacial score (nSPS) is 12.2. The Balaban J connectivity index is 1.62. The number of anilines is 1. The summed E-state index contributed by atoms with van der Waals surface area (Å²) in [5, 5.41) is 3.42. The molecule has 0 radical (unpaired) electrons. The molecule has 1 atom stereocenters. The van der Waals surface area contributed by atoms with Crippen LogP contribution in [-0.2, 0) is 16.4 Å². The maximum absolute atomic E-state index is 12.6. The minimum atomic E-state index is -3.78. The average Bonchev–Trinajstić information content (AvgIpc) is 2.73. The average molecular weight is 443 g/mol. The van der Waals surface area contributed by atoms with Crippen molar-refractivity contribution in [3.05, 3.63) is 95.0 Å². The maximum atomic E-state index is 12.6. The van der Waals surface area contributed by atoms with Crippen LogP contribution in [0.25, 0.3) is 0 Å². The van der Waals surface area contributed by atoms with Gasteiger partial charge in [-0.05, 0) is 67.8 Å². The number of carbonyl (C=O) groups excluding carboxylic acids is 1. The predicted octanol–water partition coefficient (Wildman–Crippen LogP) is 4.89. The van der Waals surface area contributed by atoms with E-state index in [-0.39, 0.29) is 16.8 Å². The molecule has 0 aromatic heterocycles. The molecule has 0 aliphatic rings. The second kappa shape index (κ2) is 9.78. The number of amides is 1. The van der Waals surface area contributed by atoms with Crippen LogP contribution in [0.3, 0.4) is 0 Å². The van der Waals surface area contributed by atoms with Gasteiger partial charge >= 0.3 is 0 Å². The minimum Gasteiger partial charge on any atom is -0.350 e. The Morgan fingerprint density at radius 2 is 1.67 bits per heavy atom. The largest absolute Gasteiger partial charge is 0.350 e. The van der Waals surface area contributed by atoms with Crippen molar-refractivity contribution in [1.29, 1.82) is 0 Å². The number of rotatable bonds is 8. The van der Waals surface area contributed by atoms with E-state index in [1.807, 2.05) is 25.1 Å². The van der Waals surface area contributed by atoms with Crippen LogP contribution in [0.15, 0.2) is 83.8 Å².